The third-order valence-electron chi connectivity index (χ3n) is 6.69. The molecule has 0 spiro atoms. The molecule has 9 nitrogen and oxygen atoms in total. The van der Waals surface area contributed by atoms with Gasteiger partial charge in [0.05, 0.1) is 23.5 Å². The normalized spacial score (nSPS) is 13.2. The van der Waals surface area contributed by atoms with Crippen LogP contribution in [0.4, 0.5) is 17.3 Å². The lowest BCUT2D eigenvalue weighted by molar-refractivity contribution is 0.301. The molecule has 3 aromatic carbocycles. The summed E-state index contributed by atoms with van der Waals surface area (Å²) in [6.07, 6.45) is 8.82. The Kier molecular flexibility index (Phi) is 6.62. The summed E-state index contributed by atoms with van der Waals surface area (Å²) in [5.41, 5.74) is 6.56. The van der Waals surface area contributed by atoms with Crippen LogP contribution in [0.1, 0.15) is 29.5 Å². The molecule has 0 amide bonds. The molecule has 6 rings (SSSR count). The number of ether oxygens (including phenoxy) is 1. The molecule has 198 valence electrons. The van der Waals surface area contributed by atoms with E-state index in [1.54, 1.807) is 36.7 Å². The summed E-state index contributed by atoms with van der Waals surface area (Å²) >= 11 is 0. The van der Waals surface area contributed by atoms with Crippen molar-refractivity contribution < 1.29 is 13.2 Å². The molecule has 0 saturated heterocycles. The van der Waals surface area contributed by atoms with Crippen LogP contribution >= 0.6 is 0 Å². The third-order valence-corrected chi connectivity index (χ3v) is 7.29. The summed E-state index contributed by atoms with van der Waals surface area (Å²) in [4.78, 5) is 9.21. The van der Waals surface area contributed by atoms with E-state index in [9.17, 15) is 8.42 Å². The smallest absolute Gasteiger partial charge is 0.229 e. The predicted molar refractivity (Wildman–Crippen MR) is 152 cm³/mol. The Morgan fingerprint density at radius 3 is 2.41 bits per heavy atom. The Labute approximate surface area is 226 Å². The summed E-state index contributed by atoms with van der Waals surface area (Å²) in [5.74, 6) is 1.35. The van der Waals surface area contributed by atoms with Crippen LogP contribution in [0, 0.1) is 0 Å². The van der Waals surface area contributed by atoms with Gasteiger partial charge in [0, 0.05) is 17.6 Å². The van der Waals surface area contributed by atoms with E-state index in [0.29, 0.717) is 23.9 Å². The van der Waals surface area contributed by atoms with E-state index in [0.717, 1.165) is 60.0 Å². The Balaban J connectivity index is 1.29. The number of benzene rings is 3. The van der Waals surface area contributed by atoms with Gasteiger partial charge in [0.1, 0.15) is 12.4 Å². The molecule has 1 aliphatic rings. The van der Waals surface area contributed by atoms with Crippen molar-refractivity contribution in [3.8, 4) is 11.4 Å². The minimum absolute atomic E-state index is 0.421. The summed E-state index contributed by atoms with van der Waals surface area (Å²) < 4.78 is 33.5. The molecule has 0 fully saturated rings. The maximum absolute atomic E-state index is 11.5. The van der Waals surface area contributed by atoms with Crippen molar-refractivity contribution in [2.45, 2.75) is 32.3 Å². The Hall–Kier alpha value is -4.44. The molecule has 10 heteroatoms. The number of aromatic nitrogens is 4. The van der Waals surface area contributed by atoms with Crippen molar-refractivity contribution in [3.63, 3.8) is 0 Å². The summed E-state index contributed by atoms with van der Waals surface area (Å²) in [5, 5.41) is 8.70. The van der Waals surface area contributed by atoms with Crippen LogP contribution in [0.3, 0.4) is 0 Å². The molecule has 0 bridgehead atoms. The second-order valence-corrected chi connectivity index (χ2v) is 11.4. The standard InChI is InChI=1S/C29H28N6O3S/c1-39(36,37)34-23-13-11-22(12-14-23)32-29-30-17-21-18-31-35(28(21)33-29)26-15-16-27(25-10-6-5-9-24(25)26)38-19-20-7-3-2-4-8-20/h2-4,7-8,11-18,34H,5-6,9-10,19H2,1H3,(H,30,32,33). The van der Waals surface area contributed by atoms with Gasteiger partial charge in [0.15, 0.2) is 5.65 Å². The fourth-order valence-corrected chi connectivity index (χ4v) is 5.47. The number of hydrogen-bond donors (Lipinski definition) is 2. The molecule has 0 saturated carbocycles. The number of anilines is 3. The van der Waals surface area contributed by atoms with Gasteiger partial charge in [-0.05, 0) is 78.8 Å². The van der Waals surface area contributed by atoms with Gasteiger partial charge in [-0.3, -0.25) is 4.72 Å². The fourth-order valence-electron chi connectivity index (χ4n) is 4.90. The van der Waals surface area contributed by atoms with Crippen LogP contribution < -0.4 is 14.8 Å². The summed E-state index contributed by atoms with van der Waals surface area (Å²) in [7, 11) is -3.34. The number of fused-ring (bicyclic) bond motifs is 2. The minimum atomic E-state index is -3.34. The monoisotopic (exact) mass is 540 g/mol. The van der Waals surface area contributed by atoms with Gasteiger partial charge in [0.25, 0.3) is 0 Å². The zero-order valence-corrected chi connectivity index (χ0v) is 22.3. The highest BCUT2D eigenvalue weighted by atomic mass is 32.2. The lowest BCUT2D eigenvalue weighted by Gasteiger charge is -2.23. The molecule has 0 atom stereocenters. The molecule has 1 aliphatic carbocycles. The van der Waals surface area contributed by atoms with Crippen molar-refractivity contribution in [1.82, 2.24) is 19.7 Å². The maximum atomic E-state index is 11.5. The topological polar surface area (TPSA) is 111 Å². The number of rotatable bonds is 8. The van der Waals surface area contributed by atoms with Crippen molar-refractivity contribution in [1.29, 1.82) is 0 Å². The third kappa shape index (κ3) is 5.56. The summed E-state index contributed by atoms with van der Waals surface area (Å²) in [6.45, 7) is 0.533. The van der Waals surface area contributed by atoms with Crippen molar-refractivity contribution in [3.05, 3.63) is 95.8 Å². The lowest BCUT2D eigenvalue weighted by Crippen LogP contribution is -2.12. The highest BCUT2D eigenvalue weighted by Crippen LogP contribution is 2.35. The highest BCUT2D eigenvalue weighted by Gasteiger charge is 2.21. The number of sulfonamides is 1. The molecule has 39 heavy (non-hydrogen) atoms. The van der Waals surface area contributed by atoms with Gasteiger partial charge in [0.2, 0.25) is 16.0 Å². The molecule has 2 aromatic heterocycles. The van der Waals surface area contributed by atoms with Crippen LogP contribution in [-0.4, -0.2) is 34.4 Å². The molecule has 2 N–H and O–H groups in total. The fraction of sp³-hybridized carbons (Fsp3) is 0.207. The first-order valence-corrected chi connectivity index (χ1v) is 14.7. The molecular weight excluding hydrogens is 512 g/mol. The predicted octanol–water partition coefficient (Wildman–Crippen LogP) is 5.39. The Bertz CT molecular complexity index is 1730. The van der Waals surface area contributed by atoms with Gasteiger partial charge in [-0.25, -0.2) is 18.1 Å². The van der Waals surface area contributed by atoms with Gasteiger partial charge in [-0.1, -0.05) is 30.3 Å². The number of nitrogens with zero attached hydrogens (tertiary/aromatic N) is 4. The molecule has 2 heterocycles. The average Bonchev–Trinajstić information content (AvgIpc) is 3.35. The van der Waals surface area contributed by atoms with Crippen molar-refractivity contribution in [2.24, 2.45) is 0 Å². The number of nitrogens with one attached hydrogen (secondary N) is 2. The van der Waals surface area contributed by atoms with Crippen LogP contribution in [0.25, 0.3) is 16.7 Å². The van der Waals surface area contributed by atoms with Crippen LogP contribution in [0.2, 0.25) is 0 Å². The van der Waals surface area contributed by atoms with Crippen LogP contribution in [0.5, 0.6) is 5.75 Å². The molecule has 5 aromatic rings. The van der Waals surface area contributed by atoms with Gasteiger partial charge in [-0.2, -0.15) is 10.1 Å². The largest absolute Gasteiger partial charge is 0.489 e. The first-order chi connectivity index (χ1) is 18.9. The van der Waals surface area contributed by atoms with Crippen molar-refractivity contribution in [2.75, 3.05) is 16.3 Å². The quantitative estimate of drug-likeness (QED) is 0.272. The Morgan fingerprint density at radius 1 is 0.897 bits per heavy atom. The molecule has 0 aliphatic heterocycles. The van der Waals surface area contributed by atoms with Crippen LogP contribution in [0.15, 0.2) is 79.1 Å². The highest BCUT2D eigenvalue weighted by molar-refractivity contribution is 7.92. The van der Waals surface area contributed by atoms with Crippen LogP contribution in [-0.2, 0) is 29.5 Å². The number of hydrogen-bond acceptors (Lipinski definition) is 7. The second-order valence-electron chi connectivity index (χ2n) is 9.63. The van der Waals surface area contributed by atoms with E-state index in [4.69, 9.17) is 9.72 Å². The van der Waals surface area contributed by atoms with E-state index in [-0.39, 0.29) is 0 Å². The molecule has 0 radical (unpaired) electrons. The Morgan fingerprint density at radius 2 is 1.64 bits per heavy atom. The average molecular weight is 541 g/mol. The van der Waals surface area contributed by atoms with E-state index in [1.165, 1.54) is 11.1 Å². The SMILES string of the molecule is CS(=O)(=O)Nc1ccc(Nc2ncc3cnn(-c4ccc(OCc5ccccc5)c5c4CCCC5)c3n2)cc1. The van der Waals surface area contributed by atoms with E-state index in [2.05, 4.69) is 38.3 Å². The zero-order chi connectivity index (χ0) is 26.8. The van der Waals surface area contributed by atoms with Gasteiger partial charge >= 0.3 is 0 Å². The maximum Gasteiger partial charge on any atom is 0.229 e. The first kappa shape index (κ1) is 24.9. The van der Waals surface area contributed by atoms with Gasteiger partial charge in [-0.15, -0.1) is 0 Å². The summed E-state index contributed by atoms with van der Waals surface area (Å²) in [6, 6.07) is 21.2. The zero-order valence-electron chi connectivity index (χ0n) is 21.5. The van der Waals surface area contributed by atoms with E-state index < -0.39 is 10.0 Å². The van der Waals surface area contributed by atoms with E-state index >= 15 is 0 Å². The van der Waals surface area contributed by atoms with E-state index in [1.807, 2.05) is 28.9 Å². The molecular formula is C29H28N6O3S. The van der Waals surface area contributed by atoms with Gasteiger partial charge < -0.3 is 10.1 Å². The lowest BCUT2D eigenvalue weighted by atomic mass is 9.89. The molecule has 0 unspecified atom stereocenters. The first-order valence-electron chi connectivity index (χ1n) is 12.8. The second kappa shape index (κ2) is 10.4. The minimum Gasteiger partial charge on any atom is -0.489 e. The van der Waals surface area contributed by atoms with Crippen molar-refractivity contribution >= 4 is 38.4 Å².